The van der Waals surface area contributed by atoms with Crippen LogP contribution in [0, 0.1) is 0 Å². The smallest absolute Gasteiger partial charge is 0.406 e. The Morgan fingerprint density at radius 1 is 0.903 bits per heavy atom. The molecule has 9 heteroatoms. The van der Waals surface area contributed by atoms with Crippen molar-refractivity contribution >= 4 is 29.4 Å². The van der Waals surface area contributed by atoms with Gasteiger partial charge in [-0.3, -0.25) is 9.59 Å². The molecule has 0 fully saturated rings. The van der Waals surface area contributed by atoms with Crippen LogP contribution in [-0.2, 0) is 4.79 Å². The molecular formula is C22H18F3N3O3. The van der Waals surface area contributed by atoms with Crippen LogP contribution in [0.5, 0.6) is 5.75 Å². The number of nitrogens with one attached hydrogen (secondary N) is 3. The van der Waals surface area contributed by atoms with Gasteiger partial charge in [-0.15, -0.1) is 13.2 Å². The molecule has 160 valence electrons. The molecule has 0 aliphatic heterocycles. The lowest BCUT2D eigenvalue weighted by Gasteiger charge is -2.12. The highest BCUT2D eigenvalue weighted by molar-refractivity contribution is 6.05. The second-order valence-electron chi connectivity index (χ2n) is 6.38. The van der Waals surface area contributed by atoms with E-state index >= 15 is 0 Å². The minimum atomic E-state index is -4.74. The van der Waals surface area contributed by atoms with Crippen LogP contribution in [-0.4, -0.2) is 25.7 Å². The molecule has 0 bridgehead atoms. The zero-order chi connectivity index (χ0) is 22.4. The summed E-state index contributed by atoms with van der Waals surface area (Å²) in [6.07, 6.45) is -4.18. The fraction of sp³-hybridized carbons (Fsp3) is 0.0909. The topological polar surface area (TPSA) is 79.5 Å². The van der Waals surface area contributed by atoms with Crippen LogP contribution in [0.1, 0.15) is 10.4 Å². The zero-order valence-corrected chi connectivity index (χ0v) is 16.3. The van der Waals surface area contributed by atoms with Crippen LogP contribution in [0.15, 0.2) is 66.7 Å². The standard InChI is InChI=1S/C22H18F3N3O3/c1-26-20-12-17(8-11-19(20)27-13-29)28-21(30)16-4-2-14(3-5-16)15-6-9-18(10-7-15)31-22(23,24)25/h2-13,26H,1H3,(H,27,29)(H,28,30). The zero-order valence-electron chi connectivity index (χ0n) is 16.3. The number of hydrogen-bond donors (Lipinski definition) is 3. The minimum absolute atomic E-state index is 0.303. The van der Waals surface area contributed by atoms with Gasteiger partial charge < -0.3 is 20.7 Å². The Labute approximate surface area is 176 Å². The van der Waals surface area contributed by atoms with Gasteiger partial charge in [0.05, 0.1) is 11.4 Å². The maximum atomic E-state index is 12.5. The fourth-order valence-corrected chi connectivity index (χ4v) is 2.88. The second kappa shape index (κ2) is 9.21. The fourth-order valence-electron chi connectivity index (χ4n) is 2.88. The SMILES string of the molecule is CNc1cc(NC(=O)c2ccc(-c3ccc(OC(F)(F)F)cc3)cc2)ccc1NC=O. The molecule has 3 aromatic rings. The van der Waals surface area contributed by atoms with Crippen LogP contribution in [0.4, 0.5) is 30.2 Å². The summed E-state index contributed by atoms with van der Waals surface area (Å²) in [5.41, 5.74) is 3.57. The van der Waals surface area contributed by atoms with E-state index < -0.39 is 6.36 Å². The Balaban J connectivity index is 1.70. The Bertz CT molecular complexity index is 1070. The van der Waals surface area contributed by atoms with Gasteiger partial charge in [0.25, 0.3) is 5.91 Å². The lowest BCUT2D eigenvalue weighted by molar-refractivity contribution is -0.274. The maximum Gasteiger partial charge on any atom is 0.573 e. The molecule has 3 rings (SSSR count). The normalized spacial score (nSPS) is 10.8. The number of rotatable bonds is 7. The summed E-state index contributed by atoms with van der Waals surface area (Å²) in [6, 6.07) is 17.1. The van der Waals surface area contributed by atoms with Crippen molar-refractivity contribution in [2.45, 2.75) is 6.36 Å². The highest BCUT2D eigenvalue weighted by Gasteiger charge is 2.30. The van der Waals surface area contributed by atoms with Crippen molar-refractivity contribution in [1.29, 1.82) is 0 Å². The van der Waals surface area contributed by atoms with Crippen LogP contribution >= 0.6 is 0 Å². The summed E-state index contributed by atoms with van der Waals surface area (Å²) in [5.74, 6) is -0.638. The third-order valence-electron chi connectivity index (χ3n) is 4.33. The third-order valence-corrected chi connectivity index (χ3v) is 4.33. The van der Waals surface area contributed by atoms with Crippen LogP contribution < -0.4 is 20.7 Å². The molecule has 6 nitrogen and oxygen atoms in total. The van der Waals surface area contributed by atoms with Gasteiger partial charge in [-0.1, -0.05) is 24.3 Å². The van der Waals surface area contributed by atoms with Crippen molar-refractivity contribution in [3.05, 3.63) is 72.3 Å². The first-order valence-corrected chi connectivity index (χ1v) is 9.08. The van der Waals surface area contributed by atoms with Crippen molar-refractivity contribution in [1.82, 2.24) is 0 Å². The molecule has 3 N–H and O–H groups in total. The van der Waals surface area contributed by atoms with Gasteiger partial charge in [-0.2, -0.15) is 0 Å². The van der Waals surface area contributed by atoms with E-state index in [1.807, 2.05) is 0 Å². The number of amides is 2. The molecule has 3 aromatic carbocycles. The molecule has 0 saturated carbocycles. The summed E-state index contributed by atoms with van der Waals surface area (Å²) >= 11 is 0. The molecule has 0 saturated heterocycles. The lowest BCUT2D eigenvalue weighted by atomic mass is 10.0. The average Bonchev–Trinajstić information content (AvgIpc) is 2.74. The van der Waals surface area contributed by atoms with Gasteiger partial charge in [0.1, 0.15) is 5.75 Å². The van der Waals surface area contributed by atoms with E-state index in [0.717, 1.165) is 5.56 Å². The van der Waals surface area contributed by atoms with Crippen molar-refractivity contribution in [3.63, 3.8) is 0 Å². The summed E-state index contributed by atoms with van der Waals surface area (Å²) < 4.78 is 40.6. The Morgan fingerprint density at radius 3 is 2.06 bits per heavy atom. The maximum absolute atomic E-state index is 12.5. The van der Waals surface area contributed by atoms with Crippen molar-refractivity contribution in [2.75, 3.05) is 23.0 Å². The van der Waals surface area contributed by atoms with E-state index in [2.05, 4.69) is 20.7 Å². The molecule has 0 atom stereocenters. The molecular weight excluding hydrogens is 411 g/mol. The van der Waals surface area contributed by atoms with Crippen molar-refractivity contribution < 1.29 is 27.5 Å². The average molecular weight is 429 g/mol. The first-order chi connectivity index (χ1) is 14.8. The van der Waals surface area contributed by atoms with E-state index in [-0.39, 0.29) is 11.7 Å². The molecule has 0 radical (unpaired) electrons. The van der Waals surface area contributed by atoms with Crippen molar-refractivity contribution in [2.24, 2.45) is 0 Å². The number of hydrogen-bond acceptors (Lipinski definition) is 4. The van der Waals surface area contributed by atoms with Gasteiger partial charge in [0.2, 0.25) is 6.41 Å². The van der Waals surface area contributed by atoms with Gasteiger partial charge in [-0.05, 0) is 53.6 Å². The predicted molar refractivity (Wildman–Crippen MR) is 112 cm³/mol. The highest BCUT2D eigenvalue weighted by atomic mass is 19.4. The third kappa shape index (κ3) is 5.75. The molecule has 31 heavy (non-hydrogen) atoms. The van der Waals surface area contributed by atoms with E-state index in [1.165, 1.54) is 24.3 Å². The van der Waals surface area contributed by atoms with Crippen LogP contribution in [0.3, 0.4) is 0 Å². The van der Waals surface area contributed by atoms with E-state index in [1.54, 1.807) is 49.5 Å². The summed E-state index contributed by atoms with van der Waals surface area (Å²) in [6.45, 7) is 0. The largest absolute Gasteiger partial charge is 0.573 e. The number of alkyl halides is 3. The Hall–Kier alpha value is -4.01. The lowest BCUT2D eigenvalue weighted by Crippen LogP contribution is -2.16. The first kappa shape index (κ1) is 21.7. The molecule has 2 amide bonds. The Kier molecular flexibility index (Phi) is 6.44. The molecule has 0 spiro atoms. The summed E-state index contributed by atoms with van der Waals surface area (Å²) in [7, 11) is 1.69. The number of carbonyl (C=O) groups is 2. The number of ether oxygens (including phenoxy) is 1. The molecule has 0 aliphatic carbocycles. The van der Waals surface area contributed by atoms with E-state index in [9.17, 15) is 22.8 Å². The second-order valence-corrected chi connectivity index (χ2v) is 6.38. The Morgan fingerprint density at radius 2 is 1.52 bits per heavy atom. The molecule has 0 aromatic heterocycles. The van der Waals surface area contributed by atoms with Gasteiger partial charge in [0.15, 0.2) is 0 Å². The van der Waals surface area contributed by atoms with Gasteiger partial charge in [0, 0.05) is 18.3 Å². The van der Waals surface area contributed by atoms with Gasteiger partial charge in [-0.25, -0.2) is 0 Å². The minimum Gasteiger partial charge on any atom is -0.406 e. The molecule has 0 unspecified atom stereocenters. The number of anilines is 3. The molecule has 0 heterocycles. The summed E-state index contributed by atoms with van der Waals surface area (Å²) in [4.78, 5) is 23.2. The molecule has 0 aliphatic rings. The van der Waals surface area contributed by atoms with E-state index in [0.29, 0.717) is 34.6 Å². The monoisotopic (exact) mass is 429 g/mol. The van der Waals surface area contributed by atoms with Crippen LogP contribution in [0.2, 0.25) is 0 Å². The number of benzene rings is 3. The van der Waals surface area contributed by atoms with E-state index in [4.69, 9.17) is 0 Å². The first-order valence-electron chi connectivity index (χ1n) is 9.08. The number of halogens is 3. The predicted octanol–water partition coefficient (Wildman–Crippen LogP) is 5.11. The quantitative estimate of drug-likeness (QED) is 0.456. The van der Waals surface area contributed by atoms with Crippen LogP contribution in [0.25, 0.3) is 11.1 Å². The van der Waals surface area contributed by atoms with Crippen molar-refractivity contribution in [3.8, 4) is 16.9 Å². The summed E-state index contributed by atoms with van der Waals surface area (Å²) in [5, 5.41) is 8.26. The highest BCUT2D eigenvalue weighted by Crippen LogP contribution is 2.28. The number of carbonyl (C=O) groups excluding carboxylic acids is 2. The van der Waals surface area contributed by atoms with Gasteiger partial charge >= 0.3 is 6.36 Å².